The first-order valence-electron chi connectivity index (χ1n) is 8.19. The molecule has 5 nitrogen and oxygen atoms in total. The predicted octanol–water partition coefficient (Wildman–Crippen LogP) is 2.76. The standard InChI is InChI=1S/C17H24ClN3O2/c1-4-20(5-2)16(22)13-7-6-10-21(11-13)17(23)14-9-8-12(3)19-15(14)18/h8-9,13H,4-7,10-11H2,1-3H3. The molecule has 6 heteroatoms. The van der Waals surface area contributed by atoms with Gasteiger partial charge >= 0.3 is 0 Å². The molecule has 1 fully saturated rings. The summed E-state index contributed by atoms with van der Waals surface area (Å²) in [5.74, 6) is -0.120. The molecule has 0 saturated carbocycles. The SMILES string of the molecule is CCN(CC)C(=O)C1CCCN(C(=O)c2ccc(C)nc2Cl)C1. The van der Waals surface area contributed by atoms with Crippen LogP contribution in [0, 0.1) is 12.8 Å². The van der Waals surface area contributed by atoms with Crippen LogP contribution >= 0.6 is 11.6 Å². The van der Waals surface area contributed by atoms with Gasteiger partial charge in [-0.2, -0.15) is 0 Å². The average Bonchev–Trinajstić information content (AvgIpc) is 2.55. The summed E-state index contributed by atoms with van der Waals surface area (Å²) in [6, 6.07) is 3.49. The molecule has 2 rings (SSSR count). The fourth-order valence-corrected chi connectivity index (χ4v) is 3.29. The lowest BCUT2D eigenvalue weighted by molar-refractivity contribution is -0.136. The van der Waals surface area contributed by atoms with Gasteiger partial charge in [-0.1, -0.05) is 11.6 Å². The van der Waals surface area contributed by atoms with Gasteiger partial charge in [-0.05, 0) is 45.7 Å². The Labute approximate surface area is 142 Å². The highest BCUT2D eigenvalue weighted by Gasteiger charge is 2.31. The quantitative estimate of drug-likeness (QED) is 0.794. The lowest BCUT2D eigenvalue weighted by Crippen LogP contribution is -2.46. The van der Waals surface area contributed by atoms with Crippen molar-refractivity contribution in [1.29, 1.82) is 0 Å². The van der Waals surface area contributed by atoms with Gasteiger partial charge in [0.25, 0.3) is 5.91 Å². The van der Waals surface area contributed by atoms with Crippen molar-refractivity contribution in [1.82, 2.24) is 14.8 Å². The molecule has 1 aliphatic heterocycles. The van der Waals surface area contributed by atoms with Crippen LogP contribution in [0.3, 0.4) is 0 Å². The number of likely N-dealkylation sites (tertiary alicyclic amines) is 1. The summed E-state index contributed by atoms with van der Waals surface area (Å²) < 4.78 is 0. The van der Waals surface area contributed by atoms with E-state index in [1.165, 1.54) is 0 Å². The first-order valence-corrected chi connectivity index (χ1v) is 8.56. The molecule has 0 spiro atoms. The lowest BCUT2D eigenvalue weighted by atomic mass is 9.96. The molecule has 23 heavy (non-hydrogen) atoms. The van der Waals surface area contributed by atoms with Crippen molar-refractivity contribution in [2.75, 3.05) is 26.2 Å². The fourth-order valence-electron chi connectivity index (χ4n) is 3.01. The van der Waals surface area contributed by atoms with Gasteiger partial charge < -0.3 is 9.80 Å². The normalized spacial score (nSPS) is 17.9. The Balaban J connectivity index is 2.11. The maximum atomic E-state index is 12.7. The Morgan fingerprint density at radius 2 is 2.04 bits per heavy atom. The van der Waals surface area contributed by atoms with Crippen molar-refractivity contribution >= 4 is 23.4 Å². The molecule has 1 aromatic heterocycles. The highest BCUT2D eigenvalue weighted by Crippen LogP contribution is 2.23. The molecule has 0 aromatic carbocycles. The number of hydrogen-bond acceptors (Lipinski definition) is 3. The molecule has 1 unspecified atom stereocenters. The van der Waals surface area contributed by atoms with Gasteiger partial charge in [-0.3, -0.25) is 9.59 Å². The highest BCUT2D eigenvalue weighted by molar-refractivity contribution is 6.32. The van der Waals surface area contributed by atoms with Gasteiger partial charge in [0.1, 0.15) is 5.15 Å². The fraction of sp³-hybridized carbons (Fsp3) is 0.588. The van der Waals surface area contributed by atoms with Crippen molar-refractivity contribution in [2.24, 2.45) is 5.92 Å². The Morgan fingerprint density at radius 3 is 2.65 bits per heavy atom. The van der Waals surface area contributed by atoms with Crippen molar-refractivity contribution in [3.63, 3.8) is 0 Å². The lowest BCUT2D eigenvalue weighted by Gasteiger charge is -2.34. The number of amides is 2. The number of halogens is 1. The molecule has 1 saturated heterocycles. The van der Waals surface area contributed by atoms with Crippen molar-refractivity contribution in [3.05, 3.63) is 28.5 Å². The second kappa shape index (κ2) is 7.77. The molecular formula is C17H24ClN3O2. The summed E-state index contributed by atoms with van der Waals surface area (Å²) in [5.41, 5.74) is 1.19. The topological polar surface area (TPSA) is 53.5 Å². The first-order chi connectivity index (χ1) is 11.0. The number of hydrogen-bond donors (Lipinski definition) is 0. The molecule has 126 valence electrons. The Morgan fingerprint density at radius 1 is 1.35 bits per heavy atom. The summed E-state index contributed by atoms with van der Waals surface area (Å²) in [5, 5.41) is 0.229. The minimum absolute atomic E-state index is 0.121. The number of aromatic nitrogens is 1. The van der Waals surface area contributed by atoms with E-state index in [0.29, 0.717) is 31.7 Å². The maximum Gasteiger partial charge on any atom is 0.257 e. The van der Waals surface area contributed by atoms with E-state index in [1.807, 2.05) is 25.7 Å². The zero-order valence-corrected chi connectivity index (χ0v) is 14.8. The number of rotatable bonds is 4. The maximum absolute atomic E-state index is 12.7. The Kier molecular flexibility index (Phi) is 5.99. The second-order valence-corrected chi connectivity index (χ2v) is 6.25. The molecule has 0 radical (unpaired) electrons. The van der Waals surface area contributed by atoms with E-state index in [2.05, 4.69) is 4.98 Å². The first kappa shape index (κ1) is 17.7. The van der Waals surface area contributed by atoms with Crippen LogP contribution < -0.4 is 0 Å². The van der Waals surface area contributed by atoms with E-state index >= 15 is 0 Å². The van der Waals surface area contributed by atoms with Crippen LogP contribution in [0.1, 0.15) is 42.7 Å². The third kappa shape index (κ3) is 4.02. The van der Waals surface area contributed by atoms with Gasteiger partial charge in [0, 0.05) is 31.9 Å². The molecule has 1 atom stereocenters. The van der Waals surface area contributed by atoms with E-state index in [9.17, 15) is 9.59 Å². The average molecular weight is 338 g/mol. The Bertz CT molecular complexity index is 587. The van der Waals surface area contributed by atoms with Crippen LogP contribution in [0.4, 0.5) is 0 Å². The predicted molar refractivity (Wildman–Crippen MR) is 90.5 cm³/mol. The third-order valence-corrected chi connectivity index (χ3v) is 4.64. The number of carbonyl (C=O) groups is 2. The summed E-state index contributed by atoms with van der Waals surface area (Å²) in [7, 11) is 0. The van der Waals surface area contributed by atoms with Crippen molar-refractivity contribution < 1.29 is 9.59 Å². The molecule has 1 aromatic rings. The third-order valence-electron chi connectivity index (χ3n) is 4.35. The number of pyridine rings is 1. The van der Waals surface area contributed by atoms with Crippen molar-refractivity contribution in [2.45, 2.75) is 33.6 Å². The monoisotopic (exact) mass is 337 g/mol. The summed E-state index contributed by atoms with van der Waals surface area (Å²) in [6.07, 6.45) is 1.67. The van der Waals surface area contributed by atoms with Gasteiger partial charge in [0.2, 0.25) is 5.91 Å². The minimum Gasteiger partial charge on any atom is -0.343 e. The van der Waals surface area contributed by atoms with Crippen LogP contribution in [-0.2, 0) is 4.79 Å². The second-order valence-electron chi connectivity index (χ2n) is 5.89. The van der Waals surface area contributed by atoms with Crippen LogP contribution in [0.25, 0.3) is 0 Å². The number of aryl methyl sites for hydroxylation is 1. The molecule has 2 heterocycles. The molecule has 0 bridgehead atoms. The number of piperidine rings is 1. The Hall–Kier alpha value is -1.62. The van der Waals surface area contributed by atoms with Crippen LogP contribution in [0.2, 0.25) is 5.15 Å². The summed E-state index contributed by atoms with van der Waals surface area (Å²) >= 11 is 6.10. The van der Waals surface area contributed by atoms with E-state index in [1.54, 1.807) is 17.0 Å². The smallest absolute Gasteiger partial charge is 0.257 e. The largest absolute Gasteiger partial charge is 0.343 e. The van der Waals surface area contributed by atoms with Gasteiger partial charge in [-0.15, -0.1) is 0 Å². The highest BCUT2D eigenvalue weighted by atomic mass is 35.5. The number of carbonyl (C=O) groups excluding carboxylic acids is 2. The molecule has 2 amide bonds. The molecular weight excluding hydrogens is 314 g/mol. The van der Waals surface area contributed by atoms with Crippen LogP contribution in [0.5, 0.6) is 0 Å². The van der Waals surface area contributed by atoms with Crippen LogP contribution in [0.15, 0.2) is 12.1 Å². The van der Waals surface area contributed by atoms with E-state index in [0.717, 1.165) is 18.5 Å². The van der Waals surface area contributed by atoms with Gasteiger partial charge in [-0.25, -0.2) is 4.98 Å². The van der Waals surface area contributed by atoms with Crippen LogP contribution in [-0.4, -0.2) is 52.8 Å². The zero-order valence-electron chi connectivity index (χ0n) is 14.0. The van der Waals surface area contributed by atoms with Crippen molar-refractivity contribution in [3.8, 4) is 0 Å². The molecule has 0 aliphatic carbocycles. The van der Waals surface area contributed by atoms with E-state index in [4.69, 9.17) is 11.6 Å². The van der Waals surface area contributed by atoms with E-state index in [-0.39, 0.29) is 22.9 Å². The zero-order chi connectivity index (χ0) is 17.0. The molecule has 0 N–H and O–H groups in total. The minimum atomic E-state index is -0.139. The number of nitrogens with zero attached hydrogens (tertiary/aromatic N) is 3. The molecule has 1 aliphatic rings. The summed E-state index contributed by atoms with van der Waals surface area (Å²) in [6.45, 7) is 8.31. The van der Waals surface area contributed by atoms with Gasteiger partial charge in [0.15, 0.2) is 0 Å². The van der Waals surface area contributed by atoms with E-state index < -0.39 is 0 Å². The summed E-state index contributed by atoms with van der Waals surface area (Å²) in [4.78, 5) is 32.9. The van der Waals surface area contributed by atoms with Gasteiger partial charge in [0.05, 0.1) is 11.5 Å².